The van der Waals surface area contributed by atoms with Gasteiger partial charge in [0.05, 0.1) is 5.69 Å². The van der Waals surface area contributed by atoms with E-state index in [4.69, 9.17) is 5.73 Å². The van der Waals surface area contributed by atoms with Crippen molar-refractivity contribution in [2.45, 2.75) is 13.5 Å². The molecule has 0 bridgehead atoms. The molecule has 0 saturated carbocycles. The van der Waals surface area contributed by atoms with Crippen molar-refractivity contribution in [3.8, 4) is 0 Å². The van der Waals surface area contributed by atoms with E-state index in [1.165, 1.54) is 0 Å². The minimum absolute atomic E-state index is 0.130. The first-order valence-electron chi connectivity index (χ1n) is 5.69. The molecular formula is C13H16N4O. The summed E-state index contributed by atoms with van der Waals surface area (Å²) in [6, 6.07) is 9.18. The molecule has 0 fully saturated rings. The van der Waals surface area contributed by atoms with Crippen LogP contribution < -0.4 is 11.1 Å². The molecule has 0 aliphatic rings. The number of carbonyl (C=O) groups excluding carboxylic acids is 1. The maximum atomic E-state index is 11.9. The van der Waals surface area contributed by atoms with Crippen LogP contribution in [0.3, 0.4) is 0 Å². The Hall–Kier alpha value is -2.30. The van der Waals surface area contributed by atoms with Gasteiger partial charge in [-0.05, 0) is 30.7 Å². The average molecular weight is 244 g/mol. The quantitative estimate of drug-likeness (QED) is 0.798. The van der Waals surface area contributed by atoms with Gasteiger partial charge in [0.1, 0.15) is 5.69 Å². The van der Waals surface area contributed by atoms with E-state index in [2.05, 4.69) is 10.4 Å². The number of rotatable bonds is 3. The molecule has 1 aromatic carbocycles. The van der Waals surface area contributed by atoms with Gasteiger partial charge in [-0.2, -0.15) is 5.10 Å². The van der Waals surface area contributed by atoms with E-state index < -0.39 is 0 Å². The van der Waals surface area contributed by atoms with E-state index in [0.717, 1.165) is 11.3 Å². The Morgan fingerprint density at radius 2 is 2.06 bits per heavy atom. The lowest BCUT2D eigenvalue weighted by atomic mass is 10.2. The number of aromatic nitrogens is 2. The fourth-order valence-corrected chi connectivity index (χ4v) is 1.73. The normalized spacial score (nSPS) is 10.3. The fraction of sp³-hybridized carbons (Fsp3) is 0.231. The van der Waals surface area contributed by atoms with E-state index in [-0.39, 0.29) is 5.91 Å². The molecule has 1 aromatic heterocycles. The minimum Gasteiger partial charge on any atom is -0.399 e. The van der Waals surface area contributed by atoms with Crippen molar-refractivity contribution in [2.75, 3.05) is 5.73 Å². The summed E-state index contributed by atoms with van der Waals surface area (Å²) in [5.41, 5.74) is 8.71. The van der Waals surface area contributed by atoms with E-state index in [1.54, 1.807) is 17.8 Å². The molecule has 1 heterocycles. The summed E-state index contributed by atoms with van der Waals surface area (Å²) in [6.07, 6.45) is 0. The number of hydrogen-bond donors (Lipinski definition) is 2. The molecule has 0 unspecified atom stereocenters. The molecule has 0 aliphatic carbocycles. The summed E-state index contributed by atoms with van der Waals surface area (Å²) in [6.45, 7) is 2.33. The van der Waals surface area contributed by atoms with Crippen LogP contribution >= 0.6 is 0 Å². The van der Waals surface area contributed by atoms with Gasteiger partial charge in [0.15, 0.2) is 0 Å². The molecule has 5 heteroatoms. The zero-order chi connectivity index (χ0) is 13.1. The Balaban J connectivity index is 2.00. The summed E-state index contributed by atoms with van der Waals surface area (Å²) in [5.74, 6) is -0.130. The van der Waals surface area contributed by atoms with Crippen LogP contribution in [-0.2, 0) is 13.6 Å². The van der Waals surface area contributed by atoms with Gasteiger partial charge in [0.2, 0.25) is 0 Å². The summed E-state index contributed by atoms with van der Waals surface area (Å²) >= 11 is 0. The molecular weight excluding hydrogens is 228 g/mol. The number of carbonyl (C=O) groups is 1. The predicted octanol–water partition coefficient (Wildman–Crippen LogP) is 1.24. The van der Waals surface area contributed by atoms with Gasteiger partial charge in [0.25, 0.3) is 5.91 Å². The first-order chi connectivity index (χ1) is 8.56. The summed E-state index contributed by atoms with van der Waals surface area (Å²) in [7, 11) is 1.76. The van der Waals surface area contributed by atoms with Crippen molar-refractivity contribution in [2.24, 2.45) is 7.05 Å². The van der Waals surface area contributed by atoms with Gasteiger partial charge >= 0.3 is 0 Å². The summed E-state index contributed by atoms with van der Waals surface area (Å²) in [5, 5.41) is 6.99. The van der Waals surface area contributed by atoms with Crippen LogP contribution in [0.1, 0.15) is 21.7 Å². The van der Waals surface area contributed by atoms with Crippen molar-refractivity contribution in [3.05, 3.63) is 47.3 Å². The number of nitrogen functional groups attached to an aromatic ring is 1. The maximum absolute atomic E-state index is 11.9. The molecule has 0 atom stereocenters. The van der Waals surface area contributed by atoms with Gasteiger partial charge in [-0.15, -0.1) is 0 Å². The Morgan fingerprint density at radius 1 is 1.39 bits per heavy atom. The van der Waals surface area contributed by atoms with Gasteiger partial charge in [-0.1, -0.05) is 12.1 Å². The lowest BCUT2D eigenvalue weighted by Crippen LogP contribution is -2.25. The first kappa shape index (κ1) is 12.2. The molecule has 0 saturated heterocycles. The first-order valence-corrected chi connectivity index (χ1v) is 5.69. The zero-order valence-corrected chi connectivity index (χ0v) is 10.5. The number of nitrogens with zero attached hydrogens (tertiary/aromatic N) is 2. The lowest BCUT2D eigenvalue weighted by Gasteiger charge is -2.05. The second-order valence-corrected chi connectivity index (χ2v) is 4.22. The van der Waals surface area contributed by atoms with Crippen LogP contribution in [0.25, 0.3) is 0 Å². The largest absolute Gasteiger partial charge is 0.399 e. The third-order valence-electron chi connectivity index (χ3n) is 2.67. The van der Waals surface area contributed by atoms with Crippen LogP contribution in [0.5, 0.6) is 0 Å². The topological polar surface area (TPSA) is 72.9 Å². The van der Waals surface area contributed by atoms with Gasteiger partial charge < -0.3 is 11.1 Å². The highest BCUT2D eigenvalue weighted by molar-refractivity contribution is 5.92. The smallest absolute Gasteiger partial charge is 0.269 e. The van der Waals surface area contributed by atoms with Crippen molar-refractivity contribution >= 4 is 11.6 Å². The molecule has 18 heavy (non-hydrogen) atoms. The minimum atomic E-state index is -0.130. The van der Waals surface area contributed by atoms with E-state index in [9.17, 15) is 4.79 Å². The number of hydrogen-bond acceptors (Lipinski definition) is 3. The lowest BCUT2D eigenvalue weighted by molar-refractivity contribution is 0.0941. The number of nitrogens with two attached hydrogens (primary N) is 1. The summed E-state index contributed by atoms with van der Waals surface area (Å²) in [4.78, 5) is 11.9. The van der Waals surface area contributed by atoms with Gasteiger partial charge in [0, 0.05) is 19.3 Å². The van der Waals surface area contributed by atoms with Crippen molar-refractivity contribution in [1.82, 2.24) is 15.1 Å². The highest BCUT2D eigenvalue weighted by atomic mass is 16.2. The molecule has 2 rings (SSSR count). The molecule has 5 nitrogen and oxygen atoms in total. The number of benzene rings is 1. The highest BCUT2D eigenvalue weighted by Crippen LogP contribution is 2.06. The Kier molecular flexibility index (Phi) is 3.32. The number of anilines is 1. The van der Waals surface area contributed by atoms with Crippen molar-refractivity contribution < 1.29 is 4.79 Å². The molecule has 3 N–H and O–H groups in total. The van der Waals surface area contributed by atoms with Crippen molar-refractivity contribution in [3.63, 3.8) is 0 Å². The van der Waals surface area contributed by atoms with Crippen molar-refractivity contribution in [1.29, 1.82) is 0 Å². The number of nitrogens with one attached hydrogen (secondary N) is 1. The second kappa shape index (κ2) is 4.91. The molecule has 1 amide bonds. The SMILES string of the molecule is Cc1cc(C(=O)NCc2ccc(N)cc2)n(C)n1. The Bertz CT molecular complexity index is 557. The summed E-state index contributed by atoms with van der Waals surface area (Å²) < 4.78 is 1.58. The van der Waals surface area contributed by atoms with Crippen LogP contribution in [0.15, 0.2) is 30.3 Å². The van der Waals surface area contributed by atoms with Crippen LogP contribution in [0, 0.1) is 6.92 Å². The van der Waals surface area contributed by atoms with E-state index in [1.807, 2.05) is 31.2 Å². The van der Waals surface area contributed by atoms with E-state index in [0.29, 0.717) is 17.9 Å². The number of amides is 1. The predicted molar refractivity (Wildman–Crippen MR) is 70.0 cm³/mol. The highest BCUT2D eigenvalue weighted by Gasteiger charge is 2.10. The van der Waals surface area contributed by atoms with E-state index >= 15 is 0 Å². The van der Waals surface area contributed by atoms with Gasteiger partial charge in [-0.3, -0.25) is 9.48 Å². The Labute approximate surface area is 106 Å². The third kappa shape index (κ3) is 2.68. The monoisotopic (exact) mass is 244 g/mol. The molecule has 94 valence electrons. The average Bonchev–Trinajstić information content (AvgIpc) is 2.67. The second-order valence-electron chi connectivity index (χ2n) is 4.22. The number of aryl methyl sites for hydroxylation is 2. The molecule has 0 radical (unpaired) electrons. The third-order valence-corrected chi connectivity index (χ3v) is 2.67. The van der Waals surface area contributed by atoms with Crippen LogP contribution in [0.2, 0.25) is 0 Å². The molecule has 2 aromatic rings. The standard InChI is InChI=1S/C13H16N4O/c1-9-7-12(17(2)16-9)13(18)15-8-10-3-5-11(14)6-4-10/h3-7H,8,14H2,1-2H3,(H,15,18). The zero-order valence-electron chi connectivity index (χ0n) is 10.5. The van der Waals surface area contributed by atoms with Crippen LogP contribution in [0.4, 0.5) is 5.69 Å². The maximum Gasteiger partial charge on any atom is 0.269 e. The fourth-order valence-electron chi connectivity index (χ4n) is 1.73. The van der Waals surface area contributed by atoms with Gasteiger partial charge in [-0.25, -0.2) is 0 Å². The van der Waals surface area contributed by atoms with Crippen LogP contribution in [-0.4, -0.2) is 15.7 Å². The molecule has 0 aliphatic heterocycles. The molecule has 0 spiro atoms. The Morgan fingerprint density at radius 3 is 2.61 bits per heavy atom.